The molecule has 116 valence electrons. The SMILES string of the molecule is Cc1cnc([C@H]2CCN(Cc3ccc4c(c3)OCCO4)C2)[nH]1. The van der Waals surface area contributed by atoms with Crippen molar-refractivity contribution in [1.82, 2.24) is 14.9 Å². The van der Waals surface area contributed by atoms with Gasteiger partial charge in [-0.25, -0.2) is 4.98 Å². The fourth-order valence-electron chi connectivity index (χ4n) is 3.28. The van der Waals surface area contributed by atoms with Gasteiger partial charge in [-0.05, 0) is 37.6 Å². The Balaban J connectivity index is 1.42. The summed E-state index contributed by atoms with van der Waals surface area (Å²) in [6.45, 7) is 6.45. The number of H-pyrrole nitrogens is 1. The van der Waals surface area contributed by atoms with Crippen molar-refractivity contribution in [2.24, 2.45) is 0 Å². The van der Waals surface area contributed by atoms with E-state index in [-0.39, 0.29) is 0 Å². The first-order chi connectivity index (χ1) is 10.8. The molecule has 5 nitrogen and oxygen atoms in total. The molecule has 0 unspecified atom stereocenters. The van der Waals surface area contributed by atoms with Crippen molar-refractivity contribution in [3.05, 3.63) is 41.5 Å². The van der Waals surface area contributed by atoms with E-state index < -0.39 is 0 Å². The lowest BCUT2D eigenvalue weighted by Crippen LogP contribution is -2.20. The third-order valence-corrected chi connectivity index (χ3v) is 4.39. The molecule has 0 radical (unpaired) electrons. The Morgan fingerprint density at radius 3 is 2.95 bits per heavy atom. The molecule has 0 bridgehead atoms. The Morgan fingerprint density at radius 1 is 1.27 bits per heavy atom. The summed E-state index contributed by atoms with van der Waals surface area (Å²) in [4.78, 5) is 10.3. The van der Waals surface area contributed by atoms with Crippen molar-refractivity contribution < 1.29 is 9.47 Å². The van der Waals surface area contributed by atoms with Gasteiger partial charge in [0, 0.05) is 30.9 Å². The van der Waals surface area contributed by atoms with Crippen LogP contribution in [0.25, 0.3) is 0 Å². The Kier molecular flexibility index (Phi) is 3.50. The van der Waals surface area contributed by atoms with Crippen LogP contribution in [0.3, 0.4) is 0 Å². The summed E-state index contributed by atoms with van der Waals surface area (Å²) in [5.74, 6) is 3.38. The van der Waals surface area contributed by atoms with Crippen LogP contribution in [0.2, 0.25) is 0 Å². The molecule has 2 aliphatic heterocycles. The van der Waals surface area contributed by atoms with Crippen LogP contribution in [0, 0.1) is 6.92 Å². The molecule has 22 heavy (non-hydrogen) atoms. The molecule has 1 atom stereocenters. The van der Waals surface area contributed by atoms with Crippen molar-refractivity contribution in [3.63, 3.8) is 0 Å². The van der Waals surface area contributed by atoms with Crippen molar-refractivity contribution in [1.29, 1.82) is 0 Å². The molecule has 0 saturated carbocycles. The highest BCUT2D eigenvalue weighted by atomic mass is 16.6. The first-order valence-electron chi connectivity index (χ1n) is 7.90. The summed E-state index contributed by atoms with van der Waals surface area (Å²) in [7, 11) is 0. The smallest absolute Gasteiger partial charge is 0.161 e. The number of fused-ring (bicyclic) bond motifs is 1. The lowest BCUT2D eigenvalue weighted by Gasteiger charge is -2.20. The van der Waals surface area contributed by atoms with Crippen LogP contribution in [0.5, 0.6) is 11.5 Å². The van der Waals surface area contributed by atoms with Gasteiger partial charge in [0.2, 0.25) is 0 Å². The van der Waals surface area contributed by atoms with Crippen LogP contribution >= 0.6 is 0 Å². The molecule has 1 aromatic heterocycles. The van der Waals surface area contributed by atoms with E-state index in [4.69, 9.17) is 9.47 Å². The molecular formula is C17H21N3O2. The predicted molar refractivity (Wildman–Crippen MR) is 83.4 cm³/mol. The third-order valence-electron chi connectivity index (χ3n) is 4.39. The Bertz CT molecular complexity index is 668. The fraction of sp³-hybridized carbons (Fsp3) is 0.471. The standard InChI is InChI=1S/C17H21N3O2/c1-12-9-18-17(19-12)14-4-5-20(11-14)10-13-2-3-15-16(8-13)22-7-6-21-15/h2-3,8-9,14H,4-7,10-11H2,1H3,(H,18,19)/t14-/m0/s1. The molecule has 1 N–H and O–H groups in total. The average Bonchev–Trinajstić information content (AvgIpc) is 3.16. The molecule has 2 aromatic rings. The van der Waals surface area contributed by atoms with Crippen LogP contribution in [-0.4, -0.2) is 41.2 Å². The van der Waals surface area contributed by atoms with Crippen molar-refractivity contribution in [2.75, 3.05) is 26.3 Å². The molecule has 0 spiro atoms. The van der Waals surface area contributed by atoms with Gasteiger partial charge in [0.15, 0.2) is 11.5 Å². The lowest BCUT2D eigenvalue weighted by atomic mass is 10.1. The van der Waals surface area contributed by atoms with E-state index >= 15 is 0 Å². The number of likely N-dealkylation sites (tertiary alicyclic amines) is 1. The molecule has 1 aromatic carbocycles. The average molecular weight is 299 g/mol. The van der Waals surface area contributed by atoms with Gasteiger partial charge in [0.05, 0.1) is 0 Å². The quantitative estimate of drug-likeness (QED) is 0.946. The number of aromatic amines is 1. The van der Waals surface area contributed by atoms with E-state index in [0.717, 1.165) is 49.1 Å². The Morgan fingerprint density at radius 2 is 2.14 bits per heavy atom. The maximum atomic E-state index is 5.66. The molecule has 2 aliphatic rings. The lowest BCUT2D eigenvalue weighted by molar-refractivity contribution is 0.171. The second kappa shape index (κ2) is 5.65. The number of nitrogens with one attached hydrogen (secondary N) is 1. The van der Waals surface area contributed by atoms with E-state index in [9.17, 15) is 0 Å². The highest BCUT2D eigenvalue weighted by Crippen LogP contribution is 2.32. The summed E-state index contributed by atoms with van der Waals surface area (Å²) in [6.07, 6.45) is 3.08. The molecule has 4 rings (SSSR count). The summed E-state index contributed by atoms with van der Waals surface area (Å²) in [5, 5.41) is 0. The Labute approximate surface area is 130 Å². The van der Waals surface area contributed by atoms with Crippen LogP contribution in [-0.2, 0) is 6.54 Å². The molecular weight excluding hydrogens is 278 g/mol. The first kappa shape index (κ1) is 13.6. The molecule has 0 aliphatic carbocycles. The highest BCUT2D eigenvalue weighted by molar-refractivity contribution is 5.43. The molecule has 1 saturated heterocycles. The highest BCUT2D eigenvalue weighted by Gasteiger charge is 2.26. The number of benzene rings is 1. The zero-order chi connectivity index (χ0) is 14.9. The van der Waals surface area contributed by atoms with E-state index in [1.165, 1.54) is 5.56 Å². The minimum Gasteiger partial charge on any atom is -0.486 e. The number of aryl methyl sites for hydroxylation is 1. The predicted octanol–water partition coefficient (Wildman–Crippen LogP) is 2.48. The summed E-state index contributed by atoms with van der Waals surface area (Å²) < 4.78 is 11.2. The number of nitrogens with zero attached hydrogens (tertiary/aromatic N) is 2. The summed E-state index contributed by atoms with van der Waals surface area (Å²) in [5.41, 5.74) is 2.42. The van der Waals surface area contributed by atoms with Gasteiger partial charge >= 0.3 is 0 Å². The maximum absolute atomic E-state index is 5.66. The third kappa shape index (κ3) is 2.68. The van der Waals surface area contributed by atoms with E-state index in [0.29, 0.717) is 19.1 Å². The minimum absolute atomic E-state index is 0.519. The molecule has 3 heterocycles. The van der Waals surface area contributed by atoms with Crippen molar-refractivity contribution >= 4 is 0 Å². The van der Waals surface area contributed by atoms with Gasteiger partial charge in [-0.2, -0.15) is 0 Å². The molecule has 0 amide bonds. The van der Waals surface area contributed by atoms with Crippen molar-refractivity contribution in [3.8, 4) is 11.5 Å². The normalized spacial score (nSPS) is 21.2. The largest absolute Gasteiger partial charge is 0.486 e. The first-order valence-corrected chi connectivity index (χ1v) is 7.90. The van der Waals surface area contributed by atoms with Gasteiger partial charge in [0.25, 0.3) is 0 Å². The van der Waals surface area contributed by atoms with Gasteiger partial charge in [0.1, 0.15) is 19.0 Å². The van der Waals surface area contributed by atoms with Crippen LogP contribution in [0.1, 0.15) is 29.4 Å². The minimum atomic E-state index is 0.519. The number of ether oxygens (including phenoxy) is 2. The number of imidazole rings is 1. The summed E-state index contributed by atoms with van der Waals surface area (Å²) >= 11 is 0. The van der Waals surface area contributed by atoms with Crippen LogP contribution in [0.15, 0.2) is 24.4 Å². The second-order valence-electron chi connectivity index (χ2n) is 6.15. The van der Waals surface area contributed by atoms with Crippen molar-refractivity contribution in [2.45, 2.75) is 25.8 Å². The van der Waals surface area contributed by atoms with E-state index in [1.807, 2.05) is 12.3 Å². The number of hydrogen-bond donors (Lipinski definition) is 1. The number of rotatable bonds is 3. The van der Waals surface area contributed by atoms with Gasteiger partial charge in [-0.15, -0.1) is 0 Å². The second-order valence-corrected chi connectivity index (χ2v) is 6.15. The van der Waals surface area contributed by atoms with Crippen LogP contribution < -0.4 is 9.47 Å². The topological polar surface area (TPSA) is 50.4 Å². The monoisotopic (exact) mass is 299 g/mol. The number of aromatic nitrogens is 2. The van der Waals surface area contributed by atoms with E-state index in [2.05, 4.69) is 33.9 Å². The Hall–Kier alpha value is -2.01. The van der Waals surface area contributed by atoms with Gasteiger partial charge < -0.3 is 14.5 Å². The molecule has 1 fully saturated rings. The van der Waals surface area contributed by atoms with Gasteiger partial charge in [-0.1, -0.05) is 6.07 Å². The maximum Gasteiger partial charge on any atom is 0.161 e. The van der Waals surface area contributed by atoms with E-state index in [1.54, 1.807) is 0 Å². The zero-order valence-corrected chi connectivity index (χ0v) is 12.8. The van der Waals surface area contributed by atoms with Crippen LogP contribution in [0.4, 0.5) is 0 Å². The fourth-order valence-corrected chi connectivity index (χ4v) is 3.28. The summed E-state index contributed by atoms with van der Waals surface area (Å²) in [6, 6.07) is 6.27. The molecule has 5 heteroatoms. The zero-order valence-electron chi connectivity index (χ0n) is 12.8. The number of hydrogen-bond acceptors (Lipinski definition) is 4. The van der Waals surface area contributed by atoms with Gasteiger partial charge in [-0.3, -0.25) is 4.90 Å².